The molecule has 1 amide bonds. The van der Waals surface area contributed by atoms with E-state index < -0.39 is 9.84 Å². The predicted octanol–water partition coefficient (Wildman–Crippen LogP) is 2.72. The molecule has 24 heavy (non-hydrogen) atoms. The maximum Gasteiger partial charge on any atom is 0.255 e. The molecule has 124 valence electrons. The first-order chi connectivity index (χ1) is 11.4. The van der Waals surface area contributed by atoms with Gasteiger partial charge in [0.1, 0.15) is 0 Å². The molecule has 2 aromatic carbocycles. The second-order valence-electron chi connectivity index (χ2n) is 5.67. The van der Waals surface area contributed by atoms with Crippen molar-refractivity contribution in [2.75, 3.05) is 29.6 Å². The fraction of sp³-hybridized carbons (Fsp3) is 0.167. The molecule has 6 heteroatoms. The van der Waals surface area contributed by atoms with Crippen molar-refractivity contribution < 1.29 is 13.2 Å². The molecule has 1 aliphatic rings. The molecule has 0 fully saturated rings. The highest BCUT2D eigenvalue weighted by atomic mass is 32.2. The largest absolute Gasteiger partial charge is 0.364 e. The average Bonchev–Trinajstić information content (AvgIpc) is 3.09. The molecule has 3 rings (SSSR count). The van der Waals surface area contributed by atoms with Crippen LogP contribution in [-0.4, -0.2) is 33.7 Å². The van der Waals surface area contributed by atoms with Crippen molar-refractivity contribution in [2.45, 2.75) is 4.90 Å². The number of anilines is 2. The first-order valence-corrected chi connectivity index (χ1v) is 9.44. The lowest BCUT2D eigenvalue weighted by Crippen LogP contribution is -2.18. The second kappa shape index (κ2) is 6.49. The Kier molecular flexibility index (Phi) is 4.40. The maximum atomic E-state index is 12.3. The Labute approximate surface area is 141 Å². The van der Waals surface area contributed by atoms with Gasteiger partial charge in [-0.25, -0.2) is 8.42 Å². The quantitative estimate of drug-likeness (QED) is 0.868. The predicted molar refractivity (Wildman–Crippen MR) is 95.3 cm³/mol. The maximum absolute atomic E-state index is 12.3. The van der Waals surface area contributed by atoms with E-state index in [1.165, 1.54) is 12.1 Å². The summed E-state index contributed by atoms with van der Waals surface area (Å²) in [5, 5.41) is 2.77. The Balaban J connectivity index is 1.68. The van der Waals surface area contributed by atoms with Crippen LogP contribution in [0, 0.1) is 0 Å². The second-order valence-corrected chi connectivity index (χ2v) is 7.69. The standard InChI is InChI=1S/C18H18N2O3S/c1-24(22,23)17-10-6-15(7-11-17)19-18(21)14-4-8-16(9-5-14)20-12-2-3-13-20/h2-11H,12-13H2,1H3,(H,19,21). The van der Waals surface area contributed by atoms with E-state index >= 15 is 0 Å². The lowest BCUT2D eigenvalue weighted by atomic mass is 10.1. The summed E-state index contributed by atoms with van der Waals surface area (Å²) >= 11 is 0. The number of sulfone groups is 1. The molecule has 1 heterocycles. The molecule has 0 bridgehead atoms. The summed E-state index contributed by atoms with van der Waals surface area (Å²) in [6, 6.07) is 13.5. The number of benzene rings is 2. The molecule has 0 spiro atoms. The fourth-order valence-electron chi connectivity index (χ4n) is 2.50. The highest BCUT2D eigenvalue weighted by Gasteiger charge is 2.11. The van der Waals surface area contributed by atoms with Crippen LogP contribution in [0.2, 0.25) is 0 Å². The van der Waals surface area contributed by atoms with Crippen molar-refractivity contribution in [1.29, 1.82) is 0 Å². The van der Waals surface area contributed by atoms with Crippen LogP contribution in [-0.2, 0) is 9.84 Å². The first-order valence-electron chi connectivity index (χ1n) is 7.55. The van der Waals surface area contributed by atoms with Gasteiger partial charge >= 0.3 is 0 Å². The summed E-state index contributed by atoms with van der Waals surface area (Å²) < 4.78 is 22.9. The normalized spacial score (nSPS) is 14.0. The molecule has 0 aliphatic carbocycles. The van der Waals surface area contributed by atoms with E-state index in [9.17, 15) is 13.2 Å². The van der Waals surface area contributed by atoms with E-state index in [1.54, 1.807) is 24.3 Å². The first kappa shape index (κ1) is 16.3. The molecule has 1 N–H and O–H groups in total. The summed E-state index contributed by atoms with van der Waals surface area (Å²) in [4.78, 5) is 14.7. The van der Waals surface area contributed by atoms with Crippen LogP contribution in [0.4, 0.5) is 11.4 Å². The smallest absolute Gasteiger partial charge is 0.255 e. The molecule has 0 atom stereocenters. The number of carbonyl (C=O) groups excluding carboxylic acids is 1. The topological polar surface area (TPSA) is 66.5 Å². The summed E-state index contributed by atoms with van der Waals surface area (Å²) in [6.45, 7) is 1.77. The fourth-order valence-corrected chi connectivity index (χ4v) is 3.13. The molecular formula is C18H18N2O3S. The van der Waals surface area contributed by atoms with Gasteiger partial charge in [-0.15, -0.1) is 0 Å². The lowest BCUT2D eigenvalue weighted by molar-refractivity contribution is 0.102. The highest BCUT2D eigenvalue weighted by Crippen LogP contribution is 2.19. The van der Waals surface area contributed by atoms with Crippen molar-refractivity contribution in [3.63, 3.8) is 0 Å². The zero-order valence-corrected chi connectivity index (χ0v) is 14.1. The van der Waals surface area contributed by atoms with Gasteiger partial charge in [0.15, 0.2) is 9.84 Å². The van der Waals surface area contributed by atoms with Gasteiger partial charge < -0.3 is 10.2 Å². The third-order valence-corrected chi connectivity index (χ3v) is 4.98. The minimum absolute atomic E-state index is 0.226. The highest BCUT2D eigenvalue weighted by molar-refractivity contribution is 7.90. The van der Waals surface area contributed by atoms with Gasteiger partial charge in [0.05, 0.1) is 4.90 Å². The third kappa shape index (κ3) is 3.65. The van der Waals surface area contributed by atoms with Crippen LogP contribution in [0.1, 0.15) is 10.4 Å². The minimum Gasteiger partial charge on any atom is -0.364 e. The van der Waals surface area contributed by atoms with E-state index in [1.807, 2.05) is 12.1 Å². The third-order valence-electron chi connectivity index (χ3n) is 3.85. The van der Waals surface area contributed by atoms with Crippen molar-refractivity contribution in [3.8, 4) is 0 Å². The van der Waals surface area contributed by atoms with Gasteiger partial charge in [-0.1, -0.05) is 12.2 Å². The number of carbonyl (C=O) groups is 1. The van der Waals surface area contributed by atoms with E-state index in [0.717, 1.165) is 25.0 Å². The number of nitrogens with one attached hydrogen (secondary N) is 1. The van der Waals surface area contributed by atoms with Crippen LogP contribution in [0.25, 0.3) is 0 Å². The van der Waals surface area contributed by atoms with Gasteiger partial charge in [-0.3, -0.25) is 4.79 Å². The van der Waals surface area contributed by atoms with Crippen molar-refractivity contribution in [3.05, 3.63) is 66.2 Å². The van der Waals surface area contributed by atoms with Gasteiger partial charge in [0.2, 0.25) is 0 Å². The average molecular weight is 342 g/mol. The van der Waals surface area contributed by atoms with Gasteiger partial charge in [0.25, 0.3) is 5.91 Å². The molecular weight excluding hydrogens is 324 g/mol. The molecule has 0 saturated carbocycles. The molecule has 1 aliphatic heterocycles. The number of amides is 1. The van der Waals surface area contributed by atoms with Gasteiger partial charge in [-0.2, -0.15) is 0 Å². The van der Waals surface area contributed by atoms with E-state index in [-0.39, 0.29) is 10.8 Å². The molecule has 5 nitrogen and oxygen atoms in total. The lowest BCUT2D eigenvalue weighted by Gasteiger charge is -2.17. The van der Waals surface area contributed by atoms with Crippen LogP contribution in [0.5, 0.6) is 0 Å². The Morgan fingerprint density at radius 3 is 2.08 bits per heavy atom. The summed E-state index contributed by atoms with van der Waals surface area (Å²) in [7, 11) is -3.24. The minimum atomic E-state index is -3.24. The Morgan fingerprint density at radius 2 is 1.54 bits per heavy atom. The Morgan fingerprint density at radius 1 is 0.958 bits per heavy atom. The van der Waals surface area contributed by atoms with Crippen LogP contribution in [0.15, 0.2) is 65.6 Å². The zero-order chi connectivity index (χ0) is 17.2. The van der Waals surface area contributed by atoms with Crippen LogP contribution < -0.4 is 10.2 Å². The van der Waals surface area contributed by atoms with Crippen molar-refractivity contribution in [1.82, 2.24) is 0 Å². The van der Waals surface area contributed by atoms with E-state index in [2.05, 4.69) is 22.4 Å². The summed E-state index contributed by atoms with van der Waals surface area (Å²) in [5.41, 5.74) is 2.19. The van der Waals surface area contributed by atoms with Crippen molar-refractivity contribution >= 4 is 27.1 Å². The molecule has 0 unspecified atom stereocenters. The number of nitrogens with zero attached hydrogens (tertiary/aromatic N) is 1. The van der Waals surface area contributed by atoms with Crippen molar-refractivity contribution in [2.24, 2.45) is 0 Å². The Bertz CT molecular complexity index is 861. The SMILES string of the molecule is CS(=O)(=O)c1ccc(NC(=O)c2ccc(N3CC=CC3)cc2)cc1. The summed E-state index contributed by atoms with van der Waals surface area (Å²) in [6.07, 6.45) is 5.37. The number of rotatable bonds is 4. The molecule has 0 saturated heterocycles. The zero-order valence-electron chi connectivity index (χ0n) is 13.3. The van der Waals surface area contributed by atoms with E-state index in [0.29, 0.717) is 11.3 Å². The molecule has 0 aromatic heterocycles. The molecule has 0 radical (unpaired) electrons. The number of hydrogen-bond donors (Lipinski definition) is 1. The van der Waals surface area contributed by atoms with Gasteiger partial charge in [0, 0.05) is 36.3 Å². The van der Waals surface area contributed by atoms with Crippen LogP contribution in [0.3, 0.4) is 0 Å². The molecule has 2 aromatic rings. The number of hydrogen-bond acceptors (Lipinski definition) is 4. The van der Waals surface area contributed by atoms with E-state index in [4.69, 9.17) is 0 Å². The summed E-state index contributed by atoms with van der Waals surface area (Å²) in [5.74, 6) is -0.229. The monoisotopic (exact) mass is 342 g/mol. The van der Waals surface area contributed by atoms with Crippen LogP contribution >= 0.6 is 0 Å². The Hall–Kier alpha value is -2.60. The van der Waals surface area contributed by atoms with Gasteiger partial charge in [-0.05, 0) is 48.5 Å².